The quantitative estimate of drug-likeness (QED) is 0.819. The predicted molar refractivity (Wildman–Crippen MR) is 86.5 cm³/mol. The third-order valence-electron chi connectivity index (χ3n) is 3.74. The highest BCUT2D eigenvalue weighted by atomic mass is 19.4. The Hall–Kier alpha value is -2.84. The molecule has 2 rings (SSSR count). The molecule has 1 aromatic carbocycles. The van der Waals surface area contributed by atoms with E-state index in [1.807, 2.05) is 6.92 Å². The van der Waals surface area contributed by atoms with Gasteiger partial charge in [-0.25, -0.2) is 4.79 Å². The summed E-state index contributed by atoms with van der Waals surface area (Å²) in [5.74, 6) is -2.39. The van der Waals surface area contributed by atoms with Gasteiger partial charge in [0.05, 0.1) is 16.8 Å². The molecule has 0 aliphatic carbocycles. The van der Waals surface area contributed by atoms with Gasteiger partial charge in [-0.1, -0.05) is 25.1 Å². The Bertz CT molecular complexity index is 815. The molecular formula is C17H18F3N3O3. The Kier molecular flexibility index (Phi) is 5.69. The topological polar surface area (TPSA) is 84.2 Å². The number of halogens is 3. The van der Waals surface area contributed by atoms with Crippen molar-refractivity contribution in [3.8, 4) is 0 Å². The summed E-state index contributed by atoms with van der Waals surface area (Å²) >= 11 is 0. The van der Waals surface area contributed by atoms with Crippen LogP contribution < -0.4 is 5.32 Å². The number of carboxylic acids is 1. The molecule has 9 heteroatoms. The number of carbonyl (C=O) groups is 2. The zero-order valence-corrected chi connectivity index (χ0v) is 14.2. The first-order valence-electron chi connectivity index (χ1n) is 7.89. The Labute approximate surface area is 147 Å². The number of amides is 1. The van der Waals surface area contributed by atoms with Crippen LogP contribution in [0, 0.1) is 6.92 Å². The number of nitrogens with one attached hydrogen (secondary N) is 1. The van der Waals surface area contributed by atoms with Crippen LogP contribution in [0.5, 0.6) is 0 Å². The van der Waals surface area contributed by atoms with Gasteiger partial charge in [-0.15, -0.1) is 0 Å². The van der Waals surface area contributed by atoms with Crippen LogP contribution in [0.4, 0.5) is 13.2 Å². The first-order valence-corrected chi connectivity index (χ1v) is 7.89. The van der Waals surface area contributed by atoms with Gasteiger partial charge in [0, 0.05) is 12.7 Å². The summed E-state index contributed by atoms with van der Waals surface area (Å²) in [5.41, 5.74) is -1.15. The van der Waals surface area contributed by atoms with Crippen LogP contribution in [0.1, 0.15) is 46.6 Å². The number of hydrogen-bond acceptors (Lipinski definition) is 3. The van der Waals surface area contributed by atoms with Gasteiger partial charge in [-0.2, -0.15) is 18.3 Å². The van der Waals surface area contributed by atoms with Gasteiger partial charge in [0.15, 0.2) is 6.04 Å². The molecule has 0 aliphatic heterocycles. The van der Waals surface area contributed by atoms with Gasteiger partial charge in [0.2, 0.25) is 0 Å². The molecule has 1 heterocycles. The average Bonchev–Trinajstić information content (AvgIpc) is 2.92. The van der Waals surface area contributed by atoms with Crippen molar-refractivity contribution in [2.45, 2.75) is 39.0 Å². The summed E-state index contributed by atoms with van der Waals surface area (Å²) in [4.78, 5) is 24.0. The van der Waals surface area contributed by atoms with E-state index in [0.29, 0.717) is 12.2 Å². The van der Waals surface area contributed by atoms with Gasteiger partial charge in [0.1, 0.15) is 0 Å². The average molecular weight is 369 g/mol. The molecule has 2 aromatic rings. The van der Waals surface area contributed by atoms with Crippen molar-refractivity contribution in [1.29, 1.82) is 0 Å². The van der Waals surface area contributed by atoms with Gasteiger partial charge in [-0.05, 0) is 25.0 Å². The van der Waals surface area contributed by atoms with Crippen LogP contribution in [0.15, 0.2) is 30.5 Å². The second kappa shape index (κ2) is 7.59. The molecule has 0 radical (unpaired) electrons. The molecule has 0 bridgehead atoms. The van der Waals surface area contributed by atoms with Crippen molar-refractivity contribution in [1.82, 2.24) is 15.1 Å². The molecule has 6 nitrogen and oxygen atoms in total. The fourth-order valence-corrected chi connectivity index (χ4v) is 2.57. The highest BCUT2D eigenvalue weighted by Gasteiger charge is 2.37. The van der Waals surface area contributed by atoms with Crippen LogP contribution >= 0.6 is 0 Å². The van der Waals surface area contributed by atoms with E-state index in [1.165, 1.54) is 16.9 Å². The molecule has 0 spiro atoms. The van der Waals surface area contributed by atoms with E-state index < -0.39 is 35.2 Å². The number of aryl methyl sites for hydroxylation is 2. The number of carbonyl (C=O) groups excluding carboxylic acids is 1. The molecule has 0 unspecified atom stereocenters. The minimum atomic E-state index is -4.74. The lowest BCUT2D eigenvalue weighted by Gasteiger charge is -2.19. The van der Waals surface area contributed by atoms with Crippen molar-refractivity contribution < 1.29 is 27.9 Å². The van der Waals surface area contributed by atoms with Crippen molar-refractivity contribution in [3.63, 3.8) is 0 Å². The van der Waals surface area contributed by atoms with E-state index in [4.69, 9.17) is 0 Å². The van der Waals surface area contributed by atoms with E-state index >= 15 is 0 Å². The van der Waals surface area contributed by atoms with Crippen molar-refractivity contribution >= 4 is 11.9 Å². The monoisotopic (exact) mass is 369 g/mol. The molecule has 0 saturated heterocycles. The Morgan fingerprint density at radius 3 is 2.54 bits per heavy atom. The number of carboxylic acid groups (broad SMARTS) is 1. The second-order valence-electron chi connectivity index (χ2n) is 5.72. The molecule has 0 aliphatic rings. The van der Waals surface area contributed by atoms with Crippen LogP contribution in [0.25, 0.3) is 0 Å². The maximum absolute atomic E-state index is 13.2. The Morgan fingerprint density at radius 1 is 1.31 bits per heavy atom. The zero-order chi connectivity index (χ0) is 19.5. The van der Waals surface area contributed by atoms with E-state index in [9.17, 15) is 27.9 Å². The molecule has 26 heavy (non-hydrogen) atoms. The lowest BCUT2D eigenvalue weighted by Crippen LogP contribution is -2.35. The Balaban J connectivity index is 2.36. The molecule has 1 amide bonds. The fraction of sp³-hybridized carbons (Fsp3) is 0.353. The van der Waals surface area contributed by atoms with E-state index in [0.717, 1.165) is 24.6 Å². The lowest BCUT2D eigenvalue weighted by molar-refractivity contribution is -0.142. The number of hydrogen-bond donors (Lipinski definition) is 2. The molecule has 0 saturated carbocycles. The van der Waals surface area contributed by atoms with Crippen LogP contribution in [0.2, 0.25) is 0 Å². The summed E-state index contributed by atoms with van der Waals surface area (Å²) in [6.07, 6.45) is -2.52. The van der Waals surface area contributed by atoms with Crippen LogP contribution in [-0.4, -0.2) is 26.8 Å². The molecule has 140 valence electrons. The van der Waals surface area contributed by atoms with Crippen LogP contribution in [0.3, 0.4) is 0 Å². The minimum Gasteiger partial charge on any atom is -0.479 e. The molecular weight excluding hydrogens is 351 g/mol. The van der Waals surface area contributed by atoms with Crippen molar-refractivity contribution in [2.24, 2.45) is 0 Å². The molecule has 0 fully saturated rings. The second-order valence-corrected chi connectivity index (χ2v) is 5.72. The summed E-state index contributed by atoms with van der Waals surface area (Å²) in [6, 6.07) is 2.43. The predicted octanol–water partition coefficient (Wildman–Crippen LogP) is 3.18. The highest BCUT2D eigenvalue weighted by Crippen LogP contribution is 2.34. The van der Waals surface area contributed by atoms with Gasteiger partial charge in [-0.3, -0.25) is 9.48 Å². The highest BCUT2D eigenvalue weighted by molar-refractivity contribution is 5.97. The lowest BCUT2D eigenvalue weighted by atomic mass is 9.99. The summed E-state index contributed by atoms with van der Waals surface area (Å²) in [6.45, 7) is 4.05. The van der Waals surface area contributed by atoms with Gasteiger partial charge in [0.25, 0.3) is 5.91 Å². The number of nitrogens with zero attached hydrogens (tertiary/aromatic N) is 2. The van der Waals surface area contributed by atoms with E-state index in [-0.39, 0.29) is 5.56 Å². The van der Waals surface area contributed by atoms with Crippen molar-refractivity contribution in [3.05, 3.63) is 52.8 Å². The third kappa shape index (κ3) is 4.22. The number of aliphatic carboxylic acids is 1. The summed E-state index contributed by atoms with van der Waals surface area (Å²) < 4.78 is 41.0. The SMILES string of the molecule is CCCn1cc(C(=O)N[C@@H](C(=O)O)c2ccccc2C(F)(F)F)c(C)n1. The summed E-state index contributed by atoms with van der Waals surface area (Å²) in [7, 11) is 0. The minimum absolute atomic E-state index is 0.120. The number of aromatic nitrogens is 2. The standard InChI is InChI=1S/C17H18F3N3O3/c1-3-8-23-9-12(10(2)22-23)15(24)21-14(16(25)26)11-6-4-5-7-13(11)17(18,19)20/h4-7,9,14H,3,8H2,1-2H3,(H,21,24)(H,25,26)/t14-/m1/s1. The fourth-order valence-electron chi connectivity index (χ4n) is 2.57. The smallest absolute Gasteiger partial charge is 0.416 e. The number of rotatable bonds is 6. The maximum atomic E-state index is 13.2. The van der Waals surface area contributed by atoms with Crippen molar-refractivity contribution in [2.75, 3.05) is 0 Å². The molecule has 1 atom stereocenters. The third-order valence-corrected chi connectivity index (χ3v) is 3.74. The molecule has 1 aromatic heterocycles. The van der Waals surface area contributed by atoms with E-state index in [1.54, 1.807) is 6.92 Å². The number of benzene rings is 1. The van der Waals surface area contributed by atoms with E-state index in [2.05, 4.69) is 10.4 Å². The molecule has 2 N–H and O–H groups in total. The maximum Gasteiger partial charge on any atom is 0.416 e. The van der Waals surface area contributed by atoms with Crippen LogP contribution in [-0.2, 0) is 17.5 Å². The normalized spacial score (nSPS) is 12.7. The number of alkyl halides is 3. The first kappa shape index (κ1) is 19.5. The largest absolute Gasteiger partial charge is 0.479 e. The first-order chi connectivity index (χ1) is 12.1. The Morgan fingerprint density at radius 2 is 1.96 bits per heavy atom. The van der Waals surface area contributed by atoms with Gasteiger partial charge >= 0.3 is 12.1 Å². The zero-order valence-electron chi connectivity index (χ0n) is 14.2. The summed E-state index contributed by atoms with van der Waals surface area (Å²) in [5, 5.41) is 15.7. The van der Waals surface area contributed by atoms with Gasteiger partial charge < -0.3 is 10.4 Å².